The van der Waals surface area contributed by atoms with Gasteiger partial charge in [0.25, 0.3) is 0 Å². The Labute approximate surface area is 126 Å². The summed E-state index contributed by atoms with van der Waals surface area (Å²) in [5.74, 6) is 0.804. The van der Waals surface area contributed by atoms with Gasteiger partial charge in [0.2, 0.25) is 0 Å². The number of nitrogens with zero attached hydrogens (tertiary/aromatic N) is 3. The molecule has 114 valence electrons. The SMILES string of the molecule is CCNC(c1cccnc1C)c1c(OC)cnn1C(C)C. The minimum atomic E-state index is 0.0172. The predicted octanol–water partition coefficient (Wildman–Crippen LogP) is 2.87. The average Bonchev–Trinajstić information content (AvgIpc) is 2.89. The van der Waals surface area contributed by atoms with Gasteiger partial charge in [0.1, 0.15) is 5.69 Å². The molecule has 1 unspecified atom stereocenters. The summed E-state index contributed by atoms with van der Waals surface area (Å²) in [6.45, 7) is 9.22. The molecule has 5 heteroatoms. The second-order valence-electron chi connectivity index (χ2n) is 5.31. The maximum absolute atomic E-state index is 5.52. The van der Waals surface area contributed by atoms with Crippen LogP contribution in [0.5, 0.6) is 5.75 Å². The van der Waals surface area contributed by atoms with Gasteiger partial charge in [-0.3, -0.25) is 9.67 Å². The van der Waals surface area contributed by atoms with Crippen molar-refractivity contribution in [3.8, 4) is 5.75 Å². The van der Waals surface area contributed by atoms with Crippen molar-refractivity contribution in [2.75, 3.05) is 13.7 Å². The number of aromatic nitrogens is 3. The fourth-order valence-electron chi connectivity index (χ4n) is 2.56. The van der Waals surface area contributed by atoms with Crippen LogP contribution in [-0.2, 0) is 0 Å². The highest BCUT2D eigenvalue weighted by Gasteiger charge is 2.25. The van der Waals surface area contributed by atoms with Crippen LogP contribution in [0.1, 0.15) is 49.8 Å². The zero-order chi connectivity index (χ0) is 15.4. The monoisotopic (exact) mass is 288 g/mol. The third-order valence-corrected chi connectivity index (χ3v) is 3.55. The number of methoxy groups -OCH3 is 1. The Morgan fingerprint density at radius 1 is 1.38 bits per heavy atom. The number of pyridine rings is 1. The summed E-state index contributed by atoms with van der Waals surface area (Å²) in [6, 6.07) is 4.35. The van der Waals surface area contributed by atoms with E-state index in [2.05, 4.69) is 42.2 Å². The molecule has 0 aliphatic rings. The molecule has 2 aromatic heterocycles. The first-order chi connectivity index (χ1) is 10.1. The van der Waals surface area contributed by atoms with Crippen LogP contribution in [0.15, 0.2) is 24.5 Å². The molecule has 0 saturated carbocycles. The first kappa shape index (κ1) is 15.5. The van der Waals surface area contributed by atoms with Crippen molar-refractivity contribution >= 4 is 0 Å². The highest BCUT2D eigenvalue weighted by Crippen LogP contribution is 2.32. The van der Waals surface area contributed by atoms with Crippen LogP contribution < -0.4 is 10.1 Å². The van der Waals surface area contributed by atoms with E-state index in [1.807, 2.05) is 23.9 Å². The van der Waals surface area contributed by atoms with Gasteiger partial charge in [-0.2, -0.15) is 5.10 Å². The van der Waals surface area contributed by atoms with Gasteiger partial charge in [-0.25, -0.2) is 0 Å². The van der Waals surface area contributed by atoms with Gasteiger partial charge in [-0.05, 0) is 38.9 Å². The van der Waals surface area contributed by atoms with E-state index in [9.17, 15) is 0 Å². The predicted molar refractivity (Wildman–Crippen MR) is 83.7 cm³/mol. The van der Waals surface area contributed by atoms with Crippen molar-refractivity contribution in [3.63, 3.8) is 0 Å². The molecule has 21 heavy (non-hydrogen) atoms. The van der Waals surface area contributed by atoms with E-state index in [-0.39, 0.29) is 12.1 Å². The lowest BCUT2D eigenvalue weighted by molar-refractivity contribution is 0.394. The zero-order valence-corrected chi connectivity index (χ0v) is 13.4. The second-order valence-corrected chi connectivity index (χ2v) is 5.31. The lowest BCUT2D eigenvalue weighted by atomic mass is 10.0. The molecule has 0 fully saturated rings. The third kappa shape index (κ3) is 3.08. The van der Waals surface area contributed by atoms with Gasteiger partial charge in [0, 0.05) is 17.9 Å². The molecule has 2 rings (SSSR count). The molecule has 2 heterocycles. The van der Waals surface area contributed by atoms with E-state index in [4.69, 9.17) is 4.74 Å². The Morgan fingerprint density at radius 3 is 2.71 bits per heavy atom. The molecule has 1 N–H and O–H groups in total. The Balaban J connectivity index is 2.58. The zero-order valence-electron chi connectivity index (χ0n) is 13.4. The molecule has 0 aromatic carbocycles. The Morgan fingerprint density at radius 2 is 2.14 bits per heavy atom. The molecule has 0 saturated heterocycles. The summed E-state index contributed by atoms with van der Waals surface area (Å²) in [5.41, 5.74) is 3.22. The Hall–Kier alpha value is -1.88. The first-order valence-electron chi connectivity index (χ1n) is 7.36. The quantitative estimate of drug-likeness (QED) is 0.888. The van der Waals surface area contributed by atoms with E-state index >= 15 is 0 Å². The van der Waals surface area contributed by atoms with E-state index in [0.29, 0.717) is 0 Å². The lowest BCUT2D eigenvalue weighted by Gasteiger charge is -2.23. The molecule has 2 aromatic rings. The van der Waals surface area contributed by atoms with Crippen LogP contribution in [0.2, 0.25) is 0 Å². The third-order valence-electron chi connectivity index (χ3n) is 3.55. The number of aryl methyl sites for hydroxylation is 1. The fraction of sp³-hybridized carbons (Fsp3) is 0.500. The number of hydrogen-bond acceptors (Lipinski definition) is 4. The highest BCUT2D eigenvalue weighted by atomic mass is 16.5. The normalized spacial score (nSPS) is 12.7. The van der Waals surface area contributed by atoms with Gasteiger partial charge in [-0.15, -0.1) is 0 Å². The van der Waals surface area contributed by atoms with Crippen LogP contribution in [0.4, 0.5) is 0 Å². The topological polar surface area (TPSA) is 52.0 Å². The molecule has 0 amide bonds. The van der Waals surface area contributed by atoms with Crippen molar-refractivity contribution in [3.05, 3.63) is 41.5 Å². The molecule has 0 radical (unpaired) electrons. The highest BCUT2D eigenvalue weighted by molar-refractivity contribution is 5.38. The Kier molecular flexibility index (Phi) is 4.96. The molecule has 5 nitrogen and oxygen atoms in total. The molecular weight excluding hydrogens is 264 g/mol. The standard InChI is InChI=1S/C16H24N4O/c1-6-17-15(13-8-7-9-18-12(13)4)16-14(21-5)10-19-20(16)11(2)3/h7-11,15,17H,6H2,1-5H3. The van der Waals surface area contributed by atoms with Crippen LogP contribution in [0.3, 0.4) is 0 Å². The van der Waals surface area contributed by atoms with E-state index in [1.165, 1.54) is 0 Å². The molecule has 0 bridgehead atoms. The van der Waals surface area contributed by atoms with Gasteiger partial charge < -0.3 is 10.1 Å². The molecule has 0 aliphatic carbocycles. The van der Waals surface area contributed by atoms with Gasteiger partial charge in [0.15, 0.2) is 5.75 Å². The number of nitrogens with one attached hydrogen (secondary N) is 1. The fourth-order valence-corrected chi connectivity index (χ4v) is 2.56. The smallest absolute Gasteiger partial charge is 0.161 e. The number of hydrogen-bond donors (Lipinski definition) is 1. The van der Waals surface area contributed by atoms with E-state index in [1.54, 1.807) is 13.3 Å². The largest absolute Gasteiger partial charge is 0.493 e. The molecule has 0 spiro atoms. The van der Waals surface area contributed by atoms with Crippen molar-refractivity contribution < 1.29 is 4.74 Å². The average molecular weight is 288 g/mol. The van der Waals surface area contributed by atoms with Crippen molar-refractivity contribution in [1.29, 1.82) is 0 Å². The van der Waals surface area contributed by atoms with Crippen molar-refractivity contribution in [1.82, 2.24) is 20.1 Å². The van der Waals surface area contributed by atoms with Crippen molar-refractivity contribution in [2.24, 2.45) is 0 Å². The van der Waals surface area contributed by atoms with Crippen molar-refractivity contribution in [2.45, 2.75) is 39.8 Å². The minimum Gasteiger partial charge on any atom is -0.493 e. The van der Waals surface area contributed by atoms with Gasteiger partial charge in [0.05, 0.1) is 19.3 Å². The first-order valence-corrected chi connectivity index (χ1v) is 7.36. The summed E-state index contributed by atoms with van der Waals surface area (Å²) in [4.78, 5) is 4.41. The number of rotatable bonds is 6. The van der Waals surface area contributed by atoms with E-state index in [0.717, 1.165) is 29.2 Å². The van der Waals surface area contributed by atoms with Gasteiger partial charge in [-0.1, -0.05) is 13.0 Å². The lowest BCUT2D eigenvalue weighted by Crippen LogP contribution is -2.27. The minimum absolute atomic E-state index is 0.0172. The maximum Gasteiger partial charge on any atom is 0.161 e. The molecule has 1 atom stereocenters. The molecule has 0 aliphatic heterocycles. The van der Waals surface area contributed by atoms with Crippen LogP contribution in [-0.4, -0.2) is 28.4 Å². The summed E-state index contributed by atoms with van der Waals surface area (Å²) < 4.78 is 7.53. The molecular formula is C16H24N4O. The van der Waals surface area contributed by atoms with Crippen LogP contribution >= 0.6 is 0 Å². The summed E-state index contributed by atoms with van der Waals surface area (Å²) in [7, 11) is 1.68. The summed E-state index contributed by atoms with van der Waals surface area (Å²) >= 11 is 0. The second kappa shape index (κ2) is 6.72. The van der Waals surface area contributed by atoms with Crippen LogP contribution in [0, 0.1) is 6.92 Å². The van der Waals surface area contributed by atoms with Gasteiger partial charge >= 0.3 is 0 Å². The Bertz CT molecular complexity index is 592. The van der Waals surface area contributed by atoms with E-state index < -0.39 is 0 Å². The maximum atomic E-state index is 5.52. The summed E-state index contributed by atoms with van der Waals surface area (Å²) in [6.07, 6.45) is 3.60. The number of ether oxygens (including phenoxy) is 1. The summed E-state index contributed by atoms with van der Waals surface area (Å²) in [5, 5.41) is 8.01. The van der Waals surface area contributed by atoms with Crippen LogP contribution in [0.25, 0.3) is 0 Å².